The van der Waals surface area contributed by atoms with Gasteiger partial charge in [-0.25, -0.2) is 23.7 Å². The molecule has 1 fully saturated rings. The minimum atomic E-state index is -0.690. The normalized spacial score (nSPS) is 13.8. The molecule has 0 unspecified atom stereocenters. The van der Waals surface area contributed by atoms with E-state index in [1.54, 1.807) is 17.3 Å². The number of nitriles is 1. The van der Waals surface area contributed by atoms with E-state index in [9.17, 15) is 18.8 Å². The molecule has 4 heterocycles. The number of piperazine rings is 1. The number of hydrogen-bond donors (Lipinski definition) is 1. The van der Waals surface area contributed by atoms with E-state index < -0.39 is 11.6 Å². The maximum atomic E-state index is 13.4. The lowest BCUT2D eigenvalue weighted by Crippen LogP contribution is -2.49. The number of nitrogens with one attached hydrogen (secondary N) is 1. The van der Waals surface area contributed by atoms with Crippen molar-refractivity contribution in [3.05, 3.63) is 71.8 Å². The fourth-order valence-corrected chi connectivity index (χ4v) is 4.17. The van der Waals surface area contributed by atoms with E-state index in [4.69, 9.17) is 0 Å². The molecular weight excluding hydrogens is 440 g/mol. The molecule has 0 spiro atoms. The molecule has 1 aliphatic heterocycles. The van der Waals surface area contributed by atoms with Crippen LogP contribution in [-0.4, -0.2) is 56.9 Å². The van der Waals surface area contributed by atoms with Gasteiger partial charge in [-0.05, 0) is 29.8 Å². The Morgan fingerprint density at radius 3 is 2.50 bits per heavy atom. The summed E-state index contributed by atoms with van der Waals surface area (Å²) in [4.78, 5) is 32.4. The molecule has 3 aromatic heterocycles. The van der Waals surface area contributed by atoms with Crippen molar-refractivity contribution in [3.63, 3.8) is 0 Å². The quantitative estimate of drug-likeness (QED) is 0.503. The van der Waals surface area contributed by atoms with E-state index in [1.807, 2.05) is 12.1 Å². The molecule has 1 aliphatic rings. The third-order valence-corrected chi connectivity index (χ3v) is 5.85. The highest BCUT2D eigenvalue weighted by Crippen LogP contribution is 2.28. The number of pyridine rings is 1. The van der Waals surface area contributed by atoms with Crippen LogP contribution in [0.15, 0.2) is 49.1 Å². The second-order valence-corrected chi connectivity index (χ2v) is 7.99. The zero-order chi connectivity index (χ0) is 23.7. The number of aromatic nitrogens is 4. The molecule has 1 aromatic carbocycles. The molecule has 0 atom stereocenters. The average Bonchev–Trinajstić information content (AvgIpc) is 3.27. The number of rotatable bonds is 4. The predicted octanol–water partition coefficient (Wildman–Crippen LogP) is 3.06. The summed E-state index contributed by atoms with van der Waals surface area (Å²) in [6.07, 6.45) is 4.72. The van der Waals surface area contributed by atoms with Crippen LogP contribution in [0.4, 0.5) is 14.6 Å². The Hall–Kier alpha value is -4.39. The molecule has 1 N–H and O–H groups in total. The number of fused-ring (bicyclic) bond motifs is 1. The van der Waals surface area contributed by atoms with Crippen molar-refractivity contribution in [1.29, 1.82) is 5.26 Å². The van der Waals surface area contributed by atoms with Gasteiger partial charge < -0.3 is 14.8 Å². The van der Waals surface area contributed by atoms with E-state index in [2.05, 4.69) is 30.9 Å². The number of amides is 1. The molecule has 10 heteroatoms. The number of benzene rings is 1. The smallest absolute Gasteiger partial charge is 0.227 e. The summed E-state index contributed by atoms with van der Waals surface area (Å²) in [5.74, 6) is -0.779. The summed E-state index contributed by atoms with van der Waals surface area (Å²) >= 11 is 0. The Balaban J connectivity index is 1.25. The minimum absolute atomic E-state index is 0.0428. The maximum Gasteiger partial charge on any atom is 0.227 e. The van der Waals surface area contributed by atoms with Crippen LogP contribution in [0.1, 0.15) is 11.1 Å². The van der Waals surface area contributed by atoms with Crippen LogP contribution in [0.5, 0.6) is 0 Å². The molecule has 4 aromatic rings. The van der Waals surface area contributed by atoms with Crippen LogP contribution < -0.4 is 4.90 Å². The molecule has 5 rings (SSSR count). The SMILES string of the molecule is N#Cc1c[nH]c2ncnc(-c3ccc(N4CCN(C(=O)Cc5cc(F)cc(F)c5)CC4)nc3)c12. The fourth-order valence-electron chi connectivity index (χ4n) is 4.17. The first-order valence-electron chi connectivity index (χ1n) is 10.7. The first kappa shape index (κ1) is 21.5. The molecule has 170 valence electrons. The van der Waals surface area contributed by atoms with E-state index in [-0.39, 0.29) is 12.3 Å². The first-order valence-corrected chi connectivity index (χ1v) is 10.7. The van der Waals surface area contributed by atoms with Crippen molar-refractivity contribution < 1.29 is 13.6 Å². The predicted molar refractivity (Wildman–Crippen MR) is 121 cm³/mol. The van der Waals surface area contributed by atoms with Gasteiger partial charge >= 0.3 is 0 Å². The van der Waals surface area contributed by atoms with E-state index in [0.29, 0.717) is 54.0 Å². The fraction of sp³-hybridized carbons (Fsp3) is 0.208. The van der Waals surface area contributed by atoms with E-state index >= 15 is 0 Å². The molecule has 0 aliphatic carbocycles. The van der Waals surface area contributed by atoms with Crippen LogP contribution >= 0.6 is 0 Å². The summed E-state index contributed by atoms with van der Waals surface area (Å²) in [5, 5.41) is 10.0. The van der Waals surface area contributed by atoms with Crippen molar-refractivity contribution in [3.8, 4) is 17.3 Å². The van der Waals surface area contributed by atoms with Crippen molar-refractivity contribution in [2.75, 3.05) is 31.1 Å². The van der Waals surface area contributed by atoms with Crippen LogP contribution in [0.3, 0.4) is 0 Å². The molecule has 1 amide bonds. The number of carbonyl (C=O) groups excluding carboxylic acids is 1. The lowest BCUT2D eigenvalue weighted by molar-refractivity contribution is -0.130. The molecule has 34 heavy (non-hydrogen) atoms. The standard InChI is InChI=1S/C24H19F2N7O/c25-18-7-15(8-19(26)10-18)9-21(34)33-5-3-32(4-6-33)20-2-1-16(12-28-20)23-22-17(11-27)13-29-24(22)31-14-30-23/h1-2,7-8,10,12-14H,3-6,9H2,(H,29,30,31). The Kier molecular flexibility index (Phi) is 5.59. The van der Waals surface area contributed by atoms with Gasteiger partial charge in [0.1, 0.15) is 35.5 Å². The molecule has 0 bridgehead atoms. The summed E-state index contributed by atoms with van der Waals surface area (Å²) in [7, 11) is 0. The van der Waals surface area contributed by atoms with Crippen molar-refractivity contribution in [1.82, 2.24) is 24.8 Å². The lowest BCUT2D eigenvalue weighted by atomic mass is 10.1. The molecular formula is C24H19F2N7O. The Morgan fingerprint density at radius 1 is 1.06 bits per heavy atom. The number of carbonyl (C=O) groups is 1. The Labute approximate surface area is 193 Å². The zero-order valence-corrected chi connectivity index (χ0v) is 18.0. The second kappa shape index (κ2) is 8.86. The molecule has 8 nitrogen and oxygen atoms in total. The largest absolute Gasteiger partial charge is 0.353 e. The summed E-state index contributed by atoms with van der Waals surface area (Å²) in [6, 6.07) is 9.08. The third kappa shape index (κ3) is 4.15. The Morgan fingerprint density at radius 2 is 1.82 bits per heavy atom. The van der Waals surface area contributed by atoms with Crippen molar-refractivity contribution in [2.45, 2.75) is 6.42 Å². The minimum Gasteiger partial charge on any atom is -0.353 e. The van der Waals surface area contributed by atoms with E-state index in [1.165, 1.54) is 18.5 Å². The van der Waals surface area contributed by atoms with Gasteiger partial charge in [-0.15, -0.1) is 0 Å². The lowest BCUT2D eigenvalue weighted by Gasteiger charge is -2.35. The third-order valence-electron chi connectivity index (χ3n) is 5.85. The number of aromatic amines is 1. The number of nitrogens with zero attached hydrogens (tertiary/aromatic N) is 6. The molecule has 0 saturated carbocycles. The van der Waals surface area contributed by atoms with Gasteiger partial charge in [-0.3, -0.25) is 4.79 Å². The van der Waals surface area contributed by atoms with Gasteiger partial charge in [-0.2, -0.15) is 5.26 Å². The number of H-pyrrole nitrogens is 1. The zero-order valence-electron chi connectivity index (χ0n) is 18.0. The van der Waals surface area contributed by atoms with Gasteiger partial charge in [0.2, 0.25) is 5.91 Å². The van der Waals surface area contributed by atoms with Crippen molar-refractivity contribution >= 4 is 22.8 Å². The summed E-state index contributed by atoms with van der Waals surface area (Å²) in [5.41, 5.74) is 2.78. The van der Waals surface area contributed by atoms with Gasteiger partial charge in [0.05, 0.1) is 23.1 Å². The Bertz CT molecular complexity index is 1380. The second-order valence-electron chi connectivity index (χ2n) is 7.99. The number of halogens is 2. The van der Waals surface area contributed by atoms with Gasteiger partial charge in [0.15, 0.2) is 0 Å². The van der Waals surface area contributed by atoms with Crippen molar-refractivity contribution in [2.24, 2.45) is 0 Å². The van der Waals surface area contributed by atoms with Crippen LogP contribution in [-0.2, 0) is 11.2 Å². The van der Waals surface area contributed by atoms with Crippen LogP contribution in [0.25, 0.3) is 22.3 Å². The van der Waals surface area contributed by atoms with Gasteiger partial charge in [-0.1, -0.05) is 0 Å². The van der Waals surface area contributed by atoms with Crippen LogP contribution in [0.2, 0.25) is 0 Å². The first-order chi connectivity index (χ1) is 16.5. The molecule has 1 saturated heterocycles. The maximum absolute atomic E-state index is 13.4. The topological polar surface area (TPSA) is 102 Å². The number of anilines is 1. The number of hydrogen-bond acceptors (Lipinski definition) is 6. The summed E-state index contributed by atoms with van der Waals surface area (Å²) < 4.78 is 26.8. The highest BCUT2D eigenvalue weighted by atomic mass is 19.1. The van der Waals surface area contributed by atoms with Crippen LogP contribution in [0, 0.1) is 23.0 Å². The monoisotopic (exact) mass is 459 g/mol. The highest BCUT2D eigenvalue weighted by molar-refractivity contribution is 5.95. The molecule has 0 radical (unpaired) electrons. The average molecular weight is 459 g/mol. The highest BCUT2D eigenvalue weighted by Gasteiger charge is 2.22. The van der Waals surface area contributed by atoms with Gasteiger partial charge in [0, 0.05) is 50.2 Å². The van der Waals surface area contributed by atoms with Gasteiger partial charge in [0.25, 0.3) is 0 Å². The summed E-state index contributed by atoms with van der Waals surface area (Å²) in [6.45, 7) is 2.15. The van der Waals surface area contributed by atoms with E-state index in [0.717, 1.165) is 17.4 Å².